The smallest absolute Gasteiger partial charge is 0.0414 e. The second kappa shape index (κ2) is 26.0. The minimum Gasteiger partial charge on any atom is -0.0654 e. The maximum Gasteiger partial charge on any atom is -0.0414 e. The second-order valence-electron chi connectivity index (χ2n) is 9.80. The Labute approximate surface area is 187 Å². The van der Waals surface area contributed by atoms with Gasteiger partial charge in [0, 0.05) is 0 Å². The molecule has 0 rings (SSSR count). The highest BCUT2D eigenvalue weighted by molar-refractivity contribution is 4.62. The lowest BCUT2D eigenvalue weighted by Gasteiger charge is -2.16. The van der Waals surface area contributed by atoms with Crippen molar-refractivity contribution in [2.45, 2.75) is 174 Å². The molecule has 0 nitrogen and oxygen atoms in total. The molecule has 0 heteroatoms. The van der Waals surface area contributed by atoms with E-state index in [1.807, 2.05) is 0 Å². The van der Waals surface area contributed by atoms with Crippen molar-refractivity contribution in [1.82, 2.24) is 0 Å². The quantitative estimate of drug-likeness (QED) is 0.132. The minimum absolute atomic E-state index is 1.000. The molecule has 175 valence electrons. The lowest BCUT2D eigenvalue weighted by Crippen LogP contribution is -2.01. The lowest BCUT2D eigenvalue weighted by atomic mass is 9.90. The molecular weight excluding hydrogens is 348 g/mol. The van der Waals surface area contributed by atoms with Gasteiger partial charge >= 0.3 is 0 Å². The maximum absolute atomic E-state index is 4.07. The van der Waals surface area contributed by atoms with Gasteiger partial charge in [-0.3, -0.25) is 0 Å². The first-order valence-corrected chi connectivity index (χ1v) is 14.1. The Bertz CT molecular complexity index is 269. The van der Waals surface area contributed by atoms with Crippen molar-refractivity contribution >= 4 is 0 Å². The van der Waals surface area contributed by atoms with Crippen molar-refractivity contribution in [2.24, 2.45) is 5.92 Å². The molecule has 0 aliphatic heterocycles. The van der Waals surface area contributed by atoms with Gasteiger partial charge in [0.1, 0.15) is 0 Å². The van der Waals surface area contributed by atoms with Gasteiger partial charge in [0.05, 0.1) is 0 Å². The van der Waals surface area contributed by atoms with Crippen LogP contribution in [0.15, 0.2) is 0 Å². The molecule has 0 fully saturated rings. The second-order valence-corrected chi connectivity index (χ2v) is 9.80. The van der Waals surface area contributed by atoms with E-state index in [0.717, 1.165) is 12.3 Å². The summed E-state index contributed by atoms with van der Waals surface area (Å²) in [5.41, 5.74) is 0. The molecule has 0 aliphatic rings. The summed E-state index contributed by atoms with van der Waals surface area (Å²) in [5, 5.41) is 0. The van der Waals surface area contributed by atoms with Crippen LogP contribution in [0.25, 0.3) is 0 Å². The van der Waals surface area contributed by atoms with E-state index in [1.165, 1.54) is 154 Å². The number of hydrogen-bond donors (Lipinski definition) is 0. The Balaban J connectivity index is 3.51. The molecule has 0 N–H and O–H groups in total. The highest BCUT2D eigenvalue weighted by atomic mass is 14.1. The minimum atomic E-state index is 1.000. The van der Waals surface area contributed by atoms with Crippen molar-refractivity contribution in [3.8, 4) is 0 Å². The Morgan fingerprint density at radius 1 is 0.379 bits per heavy atom. The van der Waals surface area contributed by atoms with Gasteiger partial charge in [-0.05, 0) is 5.92 Å². The zero-order chi connectivity index (χ0) is 21.3. The molecule has 29 heavy (non-hydrogen) atoms. The topological polar surface area (TPSA) is 0 Å². The van der Waals surface area contributed by atoms with Crippen LogP contribution in [0, 0.1) is 12.8 Å². The SMILES string of the molecule is [CH2]CCCC(CCCCCCCCCCC)CCCCCCCCCCCCC. The Hall–Kier alpha value is 0. The molecule has 1 unspecified atom stereocenters. The van der Waals surface area contributed by atoms with E-state index in [2.05, 4.69) is 20.8 Å². The van der Waals surface area contributed by atoms with Gasteiger partial charge in [0.25, 0.3) is 0 Å². The third-order valence-electron chi connectivity index (χ3n) is 6.79. The summed E-state index contributed by atoms with van der Waals surface area (Å²) in [6, 6.07) is 0. The zero-order valence-corrected chi connectivity index (χ0v) is 21.0. The fourth-order valence-corrected chi connectivity index (χ4v) is 4.71. The summed E-state index contributed by atoms with van der Waals surface area (Å²) in [6.45, 7) is 8.68. The monoisotopic (exact) mass is 407 g/mol. The van der Waals surface area contributed by atoms with E-state index in [0.29, 0.717) is 0 Å². The van der Waals surface area contributed by atoms with E-state index in [4.69, 9.17) is 0 Å². The van der Waals surface area contributed by atoms with Gasteiger partial charge in [-0.15, -0.1) is 0 Å². The van der Waals surface area contributed by atoms with Gasteiger partial charge in [-0.1, -0.05) is 181 Å². The predicted molar refractivity (Wildman–Crippen MR) is 136 cm³/mol. The summed E-state index contributed by atoms with van der Waals surface area (Å²) >= 11 is 0. The molecular formula is C29H59. The third-order valence-corrected chi connectivity index (χ3v) is 6.79. The van der Waals surface area contributed by atoms with Crippen molar-refractivity contribution < 1.29 is 0 Å². The van der Waals surface area contributed by atoms with E-state index in [1.54, 1.807) is 0 Å². The molecule has 0 aromatic carbocycles. The van der Waals surface area contributed by atoms with Gasteiger partial charge in [-0.25, -0.2) is 0 Å². The molecule has 0 spiro atoms. The van der Waals surface area contributed by atoms with Crippen molar-refractivity contribution in [3.05, 3.63) is 6.92 Å². The predicted octanol–water partition coefficient (Wildman–Crippen LogP) is 11.2. The largest absolute Gasteiger partial charge is 0.0654 e. The summed E-state index contributed by atoms with van der Waals surface area (Å²) < 4.78 is 0. The van der Waals surface area contributed by atoms with Crippen LogP contribution in [0.5, 0.6) is 0 Å². The molecule has 0 aromatic rings. The molecule has 0 aromatic heterocycles. The third kappa shape index (κ3) is 24.1. The lowest BCUT2D eigenvalue weighted by molar-refractivity contribution is 0.372. The molecule has 1 atom stereocenters. The fourth-order valence-electron chi connectivity index (χ4n) is 4.71. The van der Waals surface area contributed by atoms with Gasteiger partial charge in [0.2, 0.25) is 0 Å². The van der Waals surface area contributed by atoms with Crippen LogP contribution in [-0.4, -0.2) is 0 Å². The molecule has 0 saturated heterocycles. The molecule has 0 amide bonds. The number of hydrogen-bond acceptors (Lipinski definition) is 0. The number of rotatable bonds is 25. The highest BCUT2D eigenvalue weighted by Gasteiger charge is 2.08. The average Bonchev–Trinajstić information content (AvgIpc) is 2.74. The van der Waals surface area contributed by atoms with Crippen LogP contribution in [0.1, 0.15) is 174 Å². The van der Waals surface area contributed by atoms with Crippen LogP contribution in [0.3, 0.4) is 0 Å². The summed E-state index contributed by atoms with van der Waals surface area (Å²) in [4.78, 5) is 0. The van der Waals surface area contributed by atoms with Crippen molar-refractivity contribution in [2.75, 3.05) is 0 Å². The van der Waals surface area contributed by atoms with E-state index in [-0.39, 0.29) is 0 Å². The standard InChI is InChI=1S/C29H59/c1-4-7-10-12-14-16-17-19-21-23-25-28-29(26-9-6-3)27-24-22-20-18-15-13-11-8-5-2/h29H,3-28H2,1-2H3. The first-order valence-electron chi connectivity index (χ1n) is 14.1. The van der Waals surface area contributed by atoms with Crippen molar-refractivity contribution in [3.63, 3.8) is 0 Å². The summed E-state index contributed by atoms with van der Waals surface area (Å²) in [7, 11) is 0. The highest BCUT2D eigenvalue weighted by Crippen LogP contribution is 2.24. The zero-order valence-electron chi connectivity index (χ0n) is 21.0. The van der Waals surface area contributed by atoms with Crippen LogP contribution in [0.2, 0.25) is 0 Å². The van der Waals surface area contributed by atoms with E-state index < -0.39 is 0 Å². The molecule has 0 bridgehead atoms. The van der Waals surface area contributed by atoms with E-state index in [9.17, 15) is 0 Å². The van der Waals surface area contributed by atoms with E-state index >= 15 is 0 Å². The maximum atomic E-state index is 4.07. The molecule has 0 heterocycles. The number of unbranched alkanes of at least 4 members (excludes halogenated alkanes) is 19. The van der Waals surface area contributed by atoms with Crippen LogP contribution in [-0.2, 0) is 0 Å². The molecule has 0 aliphatic carbocycles. The Kier molecular flexibility index (Phi) is 26.0. The summed E-state index contributed by atoms with van der Waals surface area (Å²) in [6.07, 6.45) is 36.2. The Morgan fingerprint density at radius 2 is 0.655 bits per heavy atom. The molecule has 1 radical (unpaired) electrons. The van der Waals surface area contributed by atoms with Crippen LogP contribution in [0.4, 0.5) is 0 Å². The normalized spacial score (nSPS) is 12.5. The van der Waals surface area contributed by atoms with Crippen LogP contribution < -0.4 is 0 Å². The summed E-state index contributed by atoms with van der Waals surface area (Å²) in [5.74, 6) is 1.000. The van der Waals surface area contributed by atoms with Gasteiger partial charge < -0.3 is 0 Å². The van der Waals surface area contributed by atoms with Crippen LogP contribution >= 0.6 is 0 Å². The van der Waals surface area contributed by atoms with Crippen molar-refractivity contribution in [1.29, 1.82) is 0 Å². The fraction of sp³-hybridized carbons (Fsp3) is 0.966. The first kappa shape index (κ1) is 29.0. The van der Waals surface area contributed by atoms with Gasteiger partial charge in [-0.2, -0.15) is 0 Å². The average molecular weight is 408 g/mol. The first-order chi connectivity index (χ1) is 14.3. The molecule has 0 saturated carbocycles. The Morgan fingerprint density at radius 3 is 0.966 bits per heavy atom. The van der Waals surface area contributed by atoms with Gasteiger partial charge in [0.15, 0.2) is 0 Å².